The van der Waals surface area contributed by atoms with Crippen LogP contribution in [0.2, 0.25) is 0 Å². The van der Waals surface area contributed by atoms with E-state index in [4.69, 9.17) is 4.74 Å². The van der Waals surface area contributed by atoms with Gasteiger partial charge in [-0.15, -0.1) is 0 Å². The number of halogens is 1. The maximum atomic E-state index is 13.5. The quantitative estimate of drug-likeness (QED) is 0.777. The lowest BCUT2D eigenvalue weighted by Crippen LogP contribution is -2.31. The topological polar surface area (TPSA) is 62.4 Å². The normalized spacial score (nSPS) is 10.6. The Bertz CT molecular complexity index is 968. The van der Waals surface area contributed by atoms with Gasteiger partial charge in [0.25, 0.3) is 5.91 Å². The number of amides is 1. The van der Waals surface area contributed by atoms with E-state index in [1.54, 1.807) is 43.4 Å². The molecular formula is C19H17FN2O3. The van der Waals surface area contributed by atoms with E-state index in [-0.39, 0.29) is 30.4 Å². The van der Waals surface area contributed by atoms with E-state index in [9.17, 15) is 14.0 Å². The molecule has 0 aliphatic carbocycles. The van der Waals surface area contributed by atoms with Gasteiger partial charge in [0.05, 0.1) is 12.1 Å². The van der Waals surface area contributed by atoms with Gasteiger partial charge in [-0.1, -0.05) is 30.3 Å². The average molecular weight is 340 g/mol. The lowest BCUT2D eigenvalue weighted by atomic mass is 10.1. The number of ether oxygens (including phenoxy) is 1. The summed E-state index contributed by atoms with van der Waals surface area (Å²) in [5.41, 5.74) is 0.597. The minimum absolute atomic E-state index is 0.143. The van der Waals surface area contributed by atoms with Crippen molar-refractivity contribution in [2.24, 2.45) is 0 Å². The molecule has 0 bridgehead atoms. The van der Waals surface area contributed by atoms with Gasteiger partial charge in [-0.3, -0.25) is 9.59 Å². The van der Waals surface area contributed by atoms with E-state index in [1.165, 1.54) is 23.1 Å². The molecule has 1 aromatic heterocycles. The fraction of sp³-hybridized carbons (Fsp3) is 0.158. The third kappa shape index (κ3) is 3.68. The largest absolute Gasteiger partial charge is 0.489 e. The Morgan fingerprint density at radius 1 is 1.16 bits per heavy atom. The zero-order valence-electron chi connectivity index (χ0n) is 13.7. The molecule has 5 nitrogen and oxygen atoms in total. The molecule has 6 heteroatoms. The predicted molar refractivity (Wildman–Crippen MR) is 93.4 cm³/mol. The summed E-state index contributed by atoms with van der Waals surface area (Å²) in [5.74, 6) is -0.596. The van der Waals surface area contributed by atoms with Crippen molar-refractivity contribution in [3.8, 4) is 5.75 Å². The fourth-order valence-electron chi connectivity index (χ4n) is 2.54. The summed E-state index contributed by atoms with van der Waals surface area (Å²) in [6.07, 6.45) is 0. The number of hydrogen-bond donors (Lipinski definition) is 1. The summed E-state index contributed by atoms with van der Waals surface area (Å²) in [7, 11) is 1.61. The number of likely N-dealkylation sites (N-methyl/N-ethyl adjacent to an activating group) is 1. The van der Waals surface area contributed by atoms with E-state index in [1.807, 2.05) is 0 Å². The summed E-state index contributed by atoms with van der Waals surface area (Å²) < 4.78 is 18.9. The fourth-order valence-corrected chi connectivity index (χ4v) is 2.54. The molecule has 1 amide bonds. The van der Waals surface area contributed by atoms with Crippen LogP contribution in [0.3, 0.4) is 0 Å². The van der Waals surface area contributed by atoms with Crippen LogP contribution in [0.25, 0.3) is 10.9 Å². The number of para-hydroxylation sites is 2. The molecule has 0 aliphatic rings. The first-order chi connectivity index (χ1) is 12.1. The monoisotopic (exact) mass is 340 g/mol. The van der Waals surface area contributed by atoms with E-state index < -0.39 is 5.82 Å². The molecule has 25 heavy (non-hydrogen) atoms. The Morgan fingerprint density at radius 3 is 2.68 bits per heavy atom. The molecule has 1 heterocycles. The first kappa shape index (κ1) is 16.7. The van der Waals surface area contributed by atoms with Crippen LogP contribution in [0, 0.1) is 5.82 Å². The summed E-state index contributed by atoms with van der Waals surface area (Å²) in [5, 5.41) is 0.675. The lowest BCUT2D eigenvalue weighted by molar-refractivity contribution is 0.0774. The van der Waals surface area contributed by atoms with Crippen molar-refractivity contribution in [1.29, 1.82) is 0 Å². The second kappa shape index (κ2) is 7.17. The van der Waals surface area contributed by atoms with Gasteiger partial charge in [-0.25, -0.2) is 4.39 Å². The van der Waals surface area contributed by atoms with Crippen molar-refractivity contribution in [1.82, 2.24) is 9.88 Å². The number of fused-ring (bicyclic) bond motifs is 1. The number of rotatable bonds is 5. The molecule has 0 fully saturated rings. The maximum Gasteiger partial charge on any atom is 0.254 e. The van der Waals surface area contributed by atoms with Crippen LogP contribution in [0.4, 0.5) is 4.39 Å². The number of nitrogens with one attached hydrogen (secondary N) is 1. The highest BCUT2D eigenvalue weighted by Gasteiger charge is 2.16. The average Bonchev–Trinajstić information content (AvgIpc) is 2.61. The maximum absolute atomic E-state index is 13.5. The third-order valence-corrected chi connectivity index (χ3v) is 3.85. The Labute approximate surface area is 143 Å². The molecule has 0 saturated heterocycles. The molecule has 0 spiro atoms. The standard InChI is InChI=1S/C19H17FN2O3/c1-22(10-11-25-17-9-5-3-7-15(17)20)19(24)14-12-18(23)21-16-8-4-2-6-13(14)16/h2-9,12H,10-11H2,1H3,(H,21,23). The molecule has 0 aliphatic heterocycles. The van der Waals surface area contributed by atoms with E-state index >= 15 is 0 Å². The van der Waals surface area contributed by atoms with Crippen LogP contribution < -0.4 is 10.3 Å². The zero-order chi connectivity index (χ0) is 17.8. The summed E-state index contributed by atoms with van der Waals surface area (Å²) in [4.78, 5) is 28.6. The first-order valence-electron chi connectivity index (χ1n) is 7.81. The molecular weight excluding hydrogens is 323 g/mol. The number of pyridine rings is 1. The number of H-pyrrole nitrogens is 1. The summed E-state index contributed by atoms with van der Waals surface area (Å²) >= 11 is 0. The third-order valence-electron chi connectivity index (χ3n) is 3.85. The van der Waals surface area contributed by atoms with Crippen LogP contribution >= 0.6 is 0 Å². The number of benzene rings is 2. The van der Waals surface area contributed by atoms with E-state index in [0.29, 0.717) is 16.5 Å². The van der Waals surface area contributed by atoms with Crippen LogP contribution in [0.15, 0.2) is 59.4 Å². The Balaban J connectivity index is 1.73. The molecule has 128 valence electrons. The SMILES string of the molecule is CN(CCOc1ccccc1F)C(=O)c1cc(=O)[nH]c2ccccc12. The van der Waals surface area contributed by atoms with Crippen molar-refractivity contribution in [2.75, 3.05) is 20.2 Å². The molecule has 3 aromatic rings. The highest BCUT2D eigenvalue weighted by atomic mass is 19.1. The van der Waals surface area contributed by atoms with Gasteiger partial charge in [-0.2, -0.15) is 0 Å². The van der Waals surface area contributed by atoms with E-state index in [0.717, 1.165) is 0 Å². The minimum atomic E-state index is -0.447. The number of hydrogen-bond acceptors (Lipinski definition) is 3. The number of aromatic amines is 1. The summed E-state index contributed by atoms with van der Waals surface area (Å²) in [6.45, 7) is 0.401. The number of nitrogens with zero attached hydrogens (tertiary/aromatic N) is 1. The van der Waals surface area contributed by atoms with Crippen molar-refractivity contribution >= 4 is 16.8 Å². The van der Waals surface area contributed by atoms with Gasteiger partial charge in [0, 0.05) is 24.0 Å². The highest BCUT2D eigenvalue weighted by Crippen LogP contribution is 2.17. The highest BCUT2D eigenvalue weighted by molar-refractivity contribution is 6.05. The predicted octanol–water partition coefficient (Wildman–Crippen LogP) is 2.82. The van der Waals surface area contributed by atoms with Crippen molar-refractivity contribution in [3.63, 3.8) is 0 Å². The molecule has 1 N–H and O–H groups in total. The minimum Gasteiger partial charge on any atom is -0.489 e. The van der Waals surface area contributed by atoms with E-state index in [2.05, 4.69) is 4.98 Å². The second-order valence-corrected chi connectivity index (χ2v) is 5.60. The van der Waals surface area contributed by atoms with Gasteiger partial charge >= 0.3 is 0 Å². The Kier molecular flexibility index (Phi) is 4.79. The lowest BCUT2D eigenvalue weighted by Gasteiger charge is -2.18. The number of carbonyl (C=O) groups excluding carboxylic acids is 1. The van der Waals surface area contributed by atoms with Gasteiger partial charge in [0.1, 0.15) is 6.61 Å². The van der Waals surface area contributed by atoms with Gasteiger partial charge in [0.2, 0.25) is 5.56 Å². The van der Waals surface area contributed by atoms with Gasteiger partial charge in [-0.05, 0) is 18.2 Å². The van der Waals surface area contributed by atoms with Crippen LogP contribution in [0.1, 0.15) is 10.4 Å². The second-order valence-electron chi connectivity index (χ2n) is 5.60. The molecule has 0 atom stereocenters. The van der Waals surface area contributed by atoms with Crippen LogP contribution in [-0.4, -0.2) is 36.0 Å². The number of carbonyl (C=O) groups is 1. The van der Waals surface area contributed by atoms with Crippen molar-refractivity contribution in [3.05, 3.63) is 76.3 Å². The van der Waals surface area contributed by atoms with Gasteiger partial charge < -0.3 is 14.6 Å². The van der Waals surface area contributed by atoms with Crippen molar-refractivity contribution in [2.45, 2.75) is 0 Å². The smallest absolute Gasteiger partial charge is 0.254 e. The Morgan fingerprint density at radius 2 is 1.88 bits per heavy atom. The van der Waals surface area contributed by atoms with Gasteiger partial charge in [0.15, 0.2) is 11.6 Å². The molecule has 0 radical (unpaired) electrons. The van der Waals surface area contributed by atoms with Crippen LogP contribution in [-0.2, 0) is 0 Å². The molecule has 0 unspecified atom stereocenters. The summed E-state index contributed by atoms with van der Waals surface area (Å²) in [6, 6.07) is 14.5. The van der Waals surface area contributed by atoms with Crippen molar-refractivity contribution < 1.29 is 13.9 Å². The van der Waals surface area contributed by atoms with Crippen LogP contribution in [0.5, 0.6) is 5.75 Å². The Hall–Kier alpha value is -3.15. The molecule has 2 aromatic carbocycles. The molecule has 0 saturated carbocycles. The molecule has 3 rings (SSSR count). The number of aromatic nitrogens is 1. The first-order valence-corrected chi connectivity index (χ1v) is 7.81. The zero-order valence-corrected chi connectivity index (χ0v) is 13.7.